The van der Waals surface area contributed by atoms with E-state index in [9.17, 15) is 4.79 Å². The number of nitrogens with zero attached hydrogens (tertiary/aromatic N) is 4. The Labute approximate surface area is 170 Å². The third kappa shape index (κ3) is 3.24. The second-order valence-corrected chi connectivity index (χ2v) is 8.34. The van der Waals surface area contributed by atoms with Crippen molar-refractivity contribution in [3.8, 4) is 0 Å². The minimum absolute atomic E-state index is 0.0496. The number of nitrogens with one attached hydrogen (secondary N) is 2. The first kappa shape index (κ1) is 18.1. The van der Waals surface area contributed by atoms with Gasteiger partial charge in [-0.1, -0.05) is 0 Å². The number of aromatic nitrogens is 4. The molecule has 2 unspecified atom stereocenters. The van der Waals surface area contributed by atoms with E-state index in [1.54, 1.807) is 13.3 Å². The van der Waals surface area contributed by atoms with Crippen LogP contribution in [0.15, 0.2) is 30.9 Å². The first-order chi connectivity index (χ1) is 14.1. The molecule has 5 rings (SSSR count). The highest BCUT2D eigenvalue weighted by molar-refractivity contribution is 5.90. The van der Waals surface area contributed by atoms with Gasteiger partial charge < -0.3 is 15.2 Å². The summed E-state index contributed by atoms with van der Waals surface area (Å²) in [6.45, 7) is 4.65. The molecule has 1 aliphatic carbocycles. The lowest BCUT2D eigenvalue weighted by Crippen LogP contribution is -2.40. The summed E-state index contributed by atoms with van der Waals surface area (Å²) >= 11 is 0. The van der Waals surface area contributed by atoms with Gasteiger partial charge in [0.25, 0.3) is 0 Å². The summed E-state index contributed by atoms with van der Waals surface area (Å²) < 4.78 is 0. The standard InChI is InChI=1S/C22H26N6O/c1-13-9-19-18(11-28(13)20-6-8-24-22-17(20)5-7-23-22)21(26-12-25-19)15-3-4-16(10-15)27-14(2)29/h5-8,12-13,15-16H,3-4,9-11H2,1-2H3,(H,23,24)(H,27,29)/t13-,15?,16?/m1/s1. The van der Waals surface area contributed by atoms with Crippen LogP contribution >= 0.6 is 0 Å². The third-order valence-electron chi connectivity index (χ3n) is 6.39. The number of H-pyrrole nitrogens is 1. The van der Waals surface area contributed by atoms with E-state index in [0.29, 0.717) is 12.0 Å². The van der Waals surface area contributed by atoms with Crippen LogP contribution in [-0.2, 0) is 17.8 Å². The number of carbonyl (C=O) groups excluding carboxylic acids is 1. The molecule has 3 aromatic rings. The van der Waals surface area contributed by atoms with E-state index in [1.807, 2.05) is 12.4 Å². The highest BCUT2D eigenvalue weighted by Gasteiger charge is 2.33. The molecular weight excluding hydrogens is 364 g/mol. The Bertz CT molecular complexity index is 1060. The maximum atomic E-state index is 11.4. The van der Waals surface area contributed by atoms with Crippen molar-refractivity contribution in [1.82, 2.24) is 25.3 Å². The Balaban J connectivity index is 1.48. The van der Waals surface area contributed by atoms with E-state index < -0.39 is 0 Å². The molecule has 0 bridgehead atoms. The summed E-state index contributed by atoms with van der Waals surface area (Å²) in [5.41, 5.74) is 5.71. The molecule has 4 heterocycles. The molecule has 0 aromatic carbocycles. The fourth-order valence-corrected chi connectivity index (χ4v) is 5.05. The number of fused-ring (bicyclic) bond motifs is 2. The largest absolute Gasteiger partial charge is 0.363 e. The normalized spacial score (nSPS) is 23.9. The van der Waals surface area contributed by atoms with Crippen LogP contribution in [0.5, 0.6) is 0 Å². The number of aromatic amines is 1. The van der Waals surface area contributed by atoms with Gasteiger partial charge in [-0.15, -0.1) is 0 Å². The number of amides is 1. The molecule has 1 fully saturated rings. The number of anilines is 1. The Morgan fingerprint density at radius 3 is 3.00 bits per heavy atom. The molecule has 2 N–H and O–H groups in total. The van der Waals surface area contributed by atoms with Gasteiger partial charge in [0.2, 0.25) is 5.91 Å². The van der Waals surface area contributed by atoms with Gasteiger partial charge in [-0.25, -0.2) is 15.0 Å². The molecule has 150 valence electrons. The second kappa shape index (κ2) is 7.13. The van der Waals surface area contributed by atoms with Crippen molar-refractivity contribution in [1.29, 1.82) is 0 Å². The Morgan fingerprint density at radius 1 is 1.24 bits per heavy atom. The van der Waals surface area contributed by atoms with Crippen LogP contribution in [0.4, 0.5) is 5.69 Å². The maximum Gasteiger partial charge on any atom is 0.217 e. The summed E-state index contributed by atoms with van der Waals surface area (Å²) in [6.07, 6.45) is 9.46. The van der Waals surface area contributed by atoms with Crippen LogP contribution in [0, 0.1) is 0 Å². The highest BCUT2D eigenvalue weighted by Crippen LogP contribution is 2.39. The highest BCUT2D eigenvalue weighted by atomic mass is 16.1. The molecule has 7 heteroatoms. The first-order valence-electron chi connectivity index (χ1n) is 10.4. The van der Waals surface area contributed by atoms with Gasteiger partial charge in [-0.05, 0) is 38.3 Å². The summed E-state index contributed by atoms with van der Waals surface area (Å²) in [5, 5.41) is 4.22. The van der Waals surface area contributed by atoms with Crippen LogP contribution in [0.3, 0.4) is 0 Å². The Morgan fingerprint density at radius 2 is 2.14 bits per heavy atom. The number of pyridine rings is 1. The molecule has 1 saturated carbocycles. The fourth-order valence-electron chi connectivity index (χ4n) is 5.05. The van der Waals surface area contributed by atoms with E-state index in [4.69, 9.17) is 4.98 Å². The average molecular weight is 390 g/mol. The number of carbonyl (C=O) groups is 1. The van der Waals surface area contributed by atoms with E-state index in [0.717, 1.165) is 43.3 Å². The number of rotatable bonds is 3. The van der Waals surface area contributed by atoms with E-state index >= 15 is 0 Å². The third-order valence-corrected chi connectivity index (χ3v) is 6.39. The zero-order chi connectivity index (χ0) is 20.0. The van der Waals surface area contributed by atoms with Gasteiger partial charge in [-0.3, -0.25) is 4.79 Å². The second-order valence-electron chi connectivity index (χ2n) is 8.34. The van der Waals surface area contributed by atoms with Crippen molar-refractivity contribution in [2.75, 3.05) is 4.90 Å². The minimum Gasteiger partial charge on any atom is -0.363 e. The lowest BCUT2D eigenvalue weighted by atomic mass is 9.91. The molecule has 1 aliphatic heterocycles. The topological polar surface area (TPSA) is 86.8 Å². The van der Waals surface area contributed by atoms with Gasteiger partial charge >= 0.3 is 0 Å². The summed E-state index contributed by atoms with van der Waals surface area (Å²) in [6, 6.07) is 4.80. The van der Waals surface area contributed by atoms with Crippen molar-refractivity contribution < 1.29 is 4.79 Å². The predicted octanol–water partition coefficient (Wildman–Crippen LogP) is 3.08. The smallest absolute Gasteiger partial charge is 0.217 e. The van der Waals surface area contributed by atoms with E-state index in [-0.39, 0.29) is 11.9 Å². The van der Waals surface area contributed by atoms with Crippen molar-refractivity contribution in [2.45, 2.75) is 64.1 Å². The quantitative estimate of drug-likeness (QED) is 0.718. The van der Waals surface area contributed by atoms with Gasteiger partial charge in [0.1, 0.15) is 12.0 Å². The van der Waals surface area contributed by atoms with Crippen LogP contribution in [0.25, 0.3) is 11.0 Å². The monoisotopic (exact) mass is 390 g/mol. The van der Waals surface area contributed by atoms with Crippen LogP contribution < -0.4 is 10.2 Å². The Kier molecular flexibility index (Phi) is 4.45. The zero-order valence-corrected chi connectivity index (χ0v) is 16.9. The molecule has 3 aromatic heterocycles. The molecule has 1 amide bonds. The lowest BCUT2D eigenvalue weighted by molar-refractivity contribution is -0.119. The van der Waals surface area contributed by atoms with Gasteiger partial charge in [0.15, 0.2) is 0 Å². The van der Waals surface area contributed by atoms with E-state index in [1.165, 1.54) is 22.6 Å². The van der Waals surface area contributed by atoms with Gasteiger partial charge in [0, 0.05) is 66.9 Å². The molecule has 0 radical (unpaired) electrons. The van der Waals surface area contributed by atoms with Crippen LogP contribution in [0.2, 0.25) is 0 Å². The molecule has 0 spiro atoms. The Hall–Kier alpha value is -2.96. The fraction of sp³-hybridized carbons (Fsp3) is 0.455. The summed E-state index contributed by atoms with van der Waals surface area (Å²) in [5.74, 6) is 0.428. The van der Waals surface area contributed by atoms with E-state index in [2.05, 4.69) is 44.2 Å². The van der Waals surface area contributed by atoms with Crippen molar-refractivity contribution in [3.05, 3.63) is 47.8 Å². The first-order valence-corrected chi connectivity index (χ1v) is 10.4. The SMILES string of the molecule is CC(=O)NC1CCC(c2ncnc3c2CN(c2ccnc4[nH]ccc24)[C@H](C)C3)C1. The molecule has 2 aliphatic rings. The summed E-state index contributed by atoms with van der Waals surface area (Å²) in [7, 11) is 0. The maximum absolute atomic E-state index is 11.4. The predicted molar refractivity (Wildman–Crippen MR) is 112 cm³/mol. The van der Waals surface area contributed by atoms with Crippen LogP contribution in [0.1, 0.15) is 56.0 Å². The van der Waals surface area contributed by atoms with Gasteiger partial charge in [0.05, 0.1) is 11.4 Å². The molecule has 7 nitrogen and oxygen atoms in total. The molecular formula is C22H26N6O. The van der Waals surface area contributed by atoms with Crippen molar-refractivity contribution in [3.63, 3.8) is 0 Å². The van der Waals surface area contributed by atoms with Crippen molar-refractivity contribution >= 4 is 22.6 Å². The summed E-state index contributed by atoms with van der Waals surface area (Å²) in [4.78, 5) is 30.9. The lowest BCUT2D eigenvalue weighted by Gasteiger charge is -2.37. The number of hydrogen-bond acceptors (Lipinski definition) is 5. The number of hydrogen-bond donors (Lipinski definition) is 2. The molecule has 0 saturated heterocycles. The average Bonchev–Trinajstić information content (AvgIpc) is 3.35. The molecule has 29 heavy (non-hydrogen) atoms. The van der Waals surface area contributed by atoms with Crippen molar-refractivity contribution in [2.24, 2.45) is 0 Å². The molecule has 3 atom stereocenters. The minimum atomic E-state index is 0.0496. The van der Waals surface area contributed by atoms with Gasteiger partial charge in [-0.2, -0.15) is 0 Å². The zero-order valence-electron chi connectivity index (χ0n) is 16.9. The van der Waals surface area contributed by atoms with Crippen LogP contribution in [-0.4, -0.2) is 37.9 Å².